The summed E-state index contributed by atoms with van der Waals surface area (Å²) in [5.74, 6) is 0.919. The van der Waals surface area contributed by atoms with Crippen LogP contribution in [0, 0.1) is 0 Å². The lowest BCUT2D eigenvalue weighted by molar-refractivity contribution is 0.101. The zero-order chi connectivity index (χ0) is 13.7. The molecule has 0 spiro atoms. The van der Waals surface area contributed by atoms with Gasteiger partial charge in [-0.1, -0.05) is 17.3 Å². The summed E-state index contributed by atoms with van der Waals surface area (Å²) in [4.78, 5) is 11.4. The maximum atomic E-state index is 11.4. The Hall–Kier alpha value is -1.88. The minimum Gasteiger partial charge on any atom is -0.491 e. The molecule has 19 heavy (non-hydrogen) atoms. The van der Waals surface area contributed by atoms with Gasteiger partial charge in [-0.2, -0.15) is 0 Å². The first kappa shape index (κ1) is 13.5. The molecule has 0 atom stereocenters. The summed E-state index contributed by atoms with van der Waals surface area (Å²) in [6, 6.07) is 7.18. The number of benzene rings is 1. The average molecular weight is 280 g/mol. The van der Waals surface area contributed by atoms with Crippen LogP contribution >= 0.6 is 11.6 Å². The van der Waals surface area contributed by atoms with Crippen LogP contribution in [0.2, 0.25) is 0 Å². The Labute approximate surface area is 116 Å². The molecule has 1 aromatic carbocycles. The molecule has 6 heteroatoms. The summed E-state index contributed by atoms with van der Waals surface area (Å²) >= 11 is 5.64. The quantitative estimate of drug-likeness (QED) is 0.601. The molecule has 0 bridgehead atoms. The predicted molar refractivity (Wildman–Crippen MR) is 71.5 cm³/mol. The molecule has 2 rings (SSSR count). The van der Waals surface area contributed by atoms with Gasteiger partial charge in [0.15, 0.2) is 5.78 Å². The number of Topliss-reactive ketones (excluding diaryl/α,β-unsaturated/α-hetero) is 1. The minimum atomic E-state index is -0.0132. The van der Waals surface area contributed by atoms with Crippen molar-refractivity contribution in [3.63, 3.8) is 0 Å². The fourth-order valence-electron chi connectivity index (χ4n) is 1.64. The van der Waals surface area contributed by atoms with Crippen LogP contribution in [-0.2, 0) is 12.4 Å². The maximum absolute atomic E-state index is 11.4. The Kier molecular flexibility index (Phi) is 4.52. The fourth-order valence-corrected chi connectivity index (χ4v) is 1.76. The smallest absolute Gasteiger partial charge is 0.163 e. The Bertz CT molecular complexity index is 569. The Balaban J connectivity index is 1.94. The molecule has 0 aliphatic heterocycles. The molecule has 1 heterocycles. The Morgan fingerprint density at radius 2 is 2.21 bits per heavy atom. The lowest BCUT2D eigenvalue weighted by Crippen LogP contribution is -2.10. The highest BCUT2D eigenvalue weighted by molar-refractivity contribution is 6.16. The third-order valence-electron chi connectivity index (χ3n) is 2.57. The number of hydrogen-bond acceptors (Lipinski definition) is 4. The molecular weight excluding hydrogens is 266 g/mol. The van der Waals surface area contributed by atoms with E-state index in [1.165, 1.54) is 6.92 Å². The van der Waals surface area contributed by atoms with Crippen molar-refractivity contribution >= 4 is 17.4 Å². The van der Waals surface area contributed by atoms with Crippen LogP contribution in [0.4, 0.5) is 0 Å². The first-order chi connectivity index (χ1) is 9.20. The molecule has 2 aromatic rings. The lowest BCUT2D eigenvalue weighted by Gasteiger charge is -2.09. The van der Waals surface area contributed by atoms with Crippen LogP contribution in [0.5, 0.6) is 5.75 Å². The van der Waals surface area contributed by atoms with Gasteiger partial charge in [-0.25, -0.2) is 4.68 Å². The zero-order valence-electron chi connectivity index (χ0n) is 10.5. The third kappa shape index (κ3) is 3.54. The second-order valence-corrected chi connectivity index (χ2v) is 4.27. The molecule has 0 fully saturated rings. The average Bonchev–Trinajstić information content (AvgIpc) is 2.87. The van der Waals surface area contributed by atoms with E-state index in [4.69, 9.17) is 16.3 Å². The van der Waals surface area contributed by atoms with Crippen molar-refractivity contribution in [3.8, 4) is 5.75 Å². The normalized spacial score (nSPS) is 10.4. The molecule has 0 N–H and O–H groups in total. The van der Waals surface area contributed by atoms with Gasteiger partial charge in [0.2, 0.25) is 0 Å². The fraction of sp³-hybridized carbons (Fsp3) is 0.308. The summed E-state index contributed by atoms with van der Waals surface area (Å²) in [6.07, 6.45) is 1.77. The Morgan fingerprint density at radius 3 is 2.89 bits per heavy atom. The minimum absolute atomic E-state index is 0.0132. The van der Waals surface area contributed by atoms with Crippen LogP contribution < -0.4 is 4.74 Å². The number of carbonyl (C=O) groups excluding carboxylic acids is 1. The number of carbonyl (C=O) groups is 1. The van der Waals surface area contributed by atoms with E-state index in [9.17, 15) is 4.79 Å². The van der Waals surface area contributed by atoms with Gasteiger partial charge in [-0.05, 0) is 19.1 Å². The van der Waals surface area contributed by atoms with Crippen molar-refractivity contribution in [3.05, 3.63) is 41.7 Å². The van der Waals surface area contributed by atoms with Gasteiger partial charge in [-0.3, -0.25) is 4.79 Å². The monoisotopic (exact) mass is 279 g/mol. The van der Waals surface area contributed by atoms with Crippen LogP contribution in [0.25, 0.3) is 0 Å². The molecule has 0 amide bonds. The summed E-state index contributed by atoms with van der Waals surface area (Å²) in [5, 5.41) is 7.79. The number of ether oxygens (including phenoxy) is 1. The van der Waals surface area contributed by atoms with Crippen molar-refractivity contribution in [1.29, 1.82) is 0 Å². The molecule has 0 saturated carbocycles. The summed E-state index contributed by atoms with van der Waals surface area (Å²) in [6.45, 7) is 2.48. The number of hydrogen-bond donors (Lipinski definition) is 0. The van der Waals surface area contributed by atoms with E-state index >= 15 is 0 Å². The van der Waals surface area contributed by atoms with E-state index in [2.05, 4.69) is 10.3 Å². The van der Waals surface area contributed by atoms with Gasteiger partial charge >= 0.3 is 0 Å². The number of rotatable bonds is 6. The molecule has 5 nitrogen and oxygen atoms in total. The van der Waals surface area contributed by atoms with Crippen LogP contribution in [0.3, 0.4) is 0 Å². The van der Waals surface area contributed by atoms with E-state index in [1.54, 1.807) is 23.0 Å². The van der Waals surface area contributed by atoms with Crippen molar-refractivity contribution in [2.45, 2.75) is 19.3 Å². The standard InChI is InChI=1S/C13H14ClN3O2/c1-10(18)12-4-2-3-5-13(12)19-7-6-17-9-11(8-14)15-16-17/h2-5,9H,6-8H2,1H3. The van der Waals surface area contributed by atoms with Crippen LogP contribution in [0.1, 0.15) is 23.0 Å². The lowest BCUT2D eigenvalue weighted by atomic mass is 10.1. The van der Waals surface area contributed by atoms with Gasteiger partial charge in [0.25, 0.3) is 0 Å². The largest absolute Gasteiger partial charge is 0.491 e. The highest BCUT2D eigenvalue weighted by Gasteiger charge is 2.07. The van der Waals surface area contributed by atoms with Crippen molar-refractivity contribution in [2.75, 3.05) is 6.61 Å². The van der Waals surface area contributed by atoms with Gasteiger partial charge < -0.3 is 4.74 Å². The van der Waals surface area contributed by atoms with E-state index in [-0.39, 0.29) is 5.78 Å². The molecule has 0 aliphatic carbocycles. The predicted octanol–water partition coefficient (Wildman–Crippen LogP) is 2.30. The molecule has 1 aromatic heterocycles. The number of alkyl halides is 1. The summed E-state index contributed by atoms with van der Waals surface area (Å²) in [7, 11) is 0. The summed E-state index contributed by atoms with van der Waals surface area (Å²) < 4.78 is 7.26. The molecule has 0 saturated heterocycles. The maximum Gasteiger partial charge on any atom is 0.163 e. The van der Waals surface area contributed by atoms with E-state index in [0.717, 1.165) is 5.69 Å². The van der Waals surface area contributed by atoms with Crippen molar-refractivity contribution in [1.82, 2.24) is 15.0 Å². The van der Waals surface area contributed by atoms with E-state index in [1.807, 2.05) is 12.1 Å². The number of ketones is 1. The van der Waals surface area contributed by atoms with Gasteiger partial charge in [0.05, 0.1) is 23.7 Å². The number of aromatic nitrogens is 3. The first-order valence-electron chi connectivity index (χ1n) is 5.88. The summed E-state index contributed by atoms with van der Waals surface area (Å²) in [5.41, 5.74) is 1.31. The number of halogens is 1. The highest BCUT2D eigenvalue weighted by atomic mass is 35.5. The van der Waals surface area contributed by atoms with Gasteiger partial charge in [0.1, 0.15) is 12.4 Å². The van der Waals surface area contributed by atoms with Crippen molar-refractivity contribution in [2.24, 2.45) is 0 Å². The highest BCUT2D eigenvalue weighted by Crippen LogP contribution is 2.18. The topological polar surface area (TPSA) is 57.0 Å². The van der Waals surface area contributed by atoms with Crippen LogP contribution in [0.15, 0.2) is 30.5 Å². The second-order valence-electron chi connectivity index (χ2n) is 4.01. The van der Waals surface area contributed by atoms with Crippen LogP contribution in [-0.4, -0.2) is 27.4 Å². The van der Waals surface area contributed by atoms with Gasteiger partial charge in [-0.15, -0.1) is 16.7 Å². The van der Waals surface area contributed by atoms with Crippen molar-refractivity contribution < 1.29 is 9.53 Å². The SMILES string of the molecule is CC(=O)c1ccccc1OCCn1cc(CCl)nn1. The molecule has 0 aliphatic rings. The first-order valence-corrected chi connectivity index (χ1v) is 6.42. The molecule has 0 unspecified atom stereocenters. The van der Waals surface area contributed by atoms with E-state index in [0.29, 0.717) is 30.3 Å². The molecule has 100 valence electrons. The molecular formula is C13H14ClN3O2. The third-order valence-corrected chi connectivity index (χ3v) is 2.84. The number of nitrogens with zero attached hydrogens (tertiary/aromatic N) is 3. The molecule has 0 radical (unpaired) electrons. The Morgan fingerprint density at radius 1 is 1.42 bits per heavy atom. The number of para-hydroxylation sites is 1. The zero-order valence-corrected chi connectivity index (χ0v) is 11.3. The second kappa shape index (κ2) is 6.33. The van der Waals surface area contributed by atoms with E-state index < -0.39 is 0 Å². The van der Waals surface area contributed by atoms with Gasteiger partial charge in [0, 0.05) is 6.20 Å².